The highest BCUT2D eigenvalue weighted by molar-refractivity contribution is 7.22. The molecule has 0 atom stereocenters. The fraction of sp³-hybridized carbons (Fsp3) is 0.227. The summed E-state index contributed by atoms with van der Waals surface area (Å²) in [5.41, 5.74) is 1.73. The SMILES string of the molecule is Cc1cccc(OCC(=O)N(CCCn2ccnc2)c2nc3ccc(F)cc3s2)c1. The molecule has 0 unspecified atom stereocenters. The molecule has 6 nitrogen and oxygen atoms in total. The average Bonchev–Trinajstić information content (AvgIpc) is 3.38. The lowest BCUT2D eigenvalue weighted by Crippen LogP contribution is -2.36. The number of carbonyl (C=O) groups is 1. The van der Waals surface area contributed by atoms with Gasteiger partial charge in [-0.15, -0.1) is 0 Å². The lowest BCUT2D eigenvalue weighted by molar-refractivity contribution is -0.120. The molecule has 0 radical (unpaired) electrons. The Bertz CT molecular complexity index is 1140. The fourth-order valence-electron chi connectivity index (χ4n) is 3.09. The van der Waals surface area contributed by atoms with E-state index < -0.39 is 0 Å². The number of nitrogens with zero attached hydrogens (tertiary/aromatic N) is 4. The Morgan fingerprint density at radius 3 is 2.97 bits per heavy atom. The van der Waals surface area contributed by atoms with Gasteiger partial charge in [0.1, 0.15) is 11.6 Å². The summed E-state index contributed by atoms with van der Waals surface area (Å²) < 4.78 is 21.9. The van der Waals surface area contributed by atoms with Gasteiger partial charge >= 0.3 is 0 Å². The highest BCUT2D eigenvalue weighted by Crippen LogP contribution is 2.29. The molecule has 4 rings (SSSR count). The first-order valence-corrected chi connectivity index (χ1v) is 10.4. The minimum atomic E-state index is -0.321. The Balaban J connectivity index is 1.51. The summed E-state index contributed by atoms with van der Waals surface area (Å²) in [4.78, 5) is 23.2. The van der Waals surface area contributed by atoms with Crippen LogP contribution in [0, 0.1) is 12.7 Å². The zero-order valence-corrected chi connectivity index (χ0v) is 17.3. The molecule has 1 amide bonds. The van der Waals surface area contributed by atoms with E-state index >= 15 is 0 Å². The number of imidazole rings is 1. The van der Waals surface area contributed by atoms with Crippen molar-refractivity contribution in [3.63, 3.8) is 0 Å². The maximum atomic E-state index is 13.6. The molecule has 0 aliphatic carbocycles. The molecule has 154 valence electrons. The minimum Gasteiger partial charge on any atom is -0.484 e. The van der Waals surface area contributed by atoms with E-state index in [4.69, 9.17) is 4.74 Å². The van der Waals surface area contributed by atoms with Gasteiger partial charge in [0.15, 0.2) is 11.7 Å². The Morgan fingerprint density at radius 1 is 1.27 bits per heavy atom. The maximum Gasteiger partial charge on any atom is 0.266 e. The largest absolute Gasteiger partial charge is 0.484 e. The number of carbonyl (C=O) groups excluding carboxylic acids is 1. The van der Waals surface area contributed by atoms with Gasteiger partial charge in [-0.2, -0.15) is 0 Å². The van der Waals surface area contributed by atoms with Gasteiger partial charge in [-0.1, -0.05) is 23.5 Å². The molecular weight excluding hydrogens is 403 g/mol. The molecule has 0 saturated heterocycles. The van der Waals surface area contributed by atoms with E-state index in [1.54, 1.807) is 23.5 Å². The second-order valence-electron chi connectivity index (χ2n) is 6.91. The molecule has 0 bridgehead atoms. The van der Waals surface area contributed by atoms with E-state index in [0.29, 0.717) is 27.6 Å². The van der Waals surface area contributed by atoms with Gasteiger partial charge in [0.05, 0.1) is 16.5 Å². The second-order valence-corrected chi connectivity index (χ2v) is 7.92. The van der Waals surface area contributed by atoms with Gasteiger partial charge in [0.2, 0.25) is 0 Å². The molecule has 0 saturated carbocycles. The predicted octanol–water partition coefficient (Wildman–Crippen LogP) is 4.44. The first-order valence-electron chi connectivity index (χ1n) is 9.60. The number of aryl methyl sites for hydroxylation is 2. The number of aromatic nitrogens is 3. The van der Waals surface area contributed by atoms with Gasteiger partial charge < -0.3 is 9.30 Å². The molecule has 0 fully saturated rings. The summed E-state index contributed by atoms with van der Waals surface area (Å²) >= 11 is 1.30. The number of rotatable bonds is 8. The zero-order chi connectivity index (χ0) is 20.9. The number of ether oxygens (including phenoxy) is 1. The number of amides is 1. The predicted molar refractivity (Wildman–Crippen MR) is 115 cm³/mol. The van der Waals surface area contributed by atoms with E-state index in [2.05, 4.69) is 9.97 Å². The number of anilines is 1. The van der Waals surface area contributed by atoms with Crippen molar-refractivity contribution in [1.82, 2.24) is 14.5 Å². The summed E-state index contributed by atoms with van der Waals surface area (Å²) in [6.45, 7) is 3.06. The Hall–Kier alpha value is -3.26. The van der Waals surface area contributed by atoms with E-state index in [1.807, 2.05) is 42.0 Å². The number of fused-ring (bicyclic) bond motifs is 1. The summed E-state index contributed by atoms with van der Waals surface area (Å²) in [6, 6.07) is 12.0. The Kier molecular flexibility index (Phi) is 6.04. The lowest BCUT2D eigenvalue weighted by Gasteiger charge is -2.20. The van der Waals surface area contributed by atoms with E-state index in [9.17, 15) is 9.18 Å². The van der Waals surface area contributed by atoms with Gasteiger partial charge in [0, 0.05) is 25.5 Å². The topological polar surface area (TPSA) is 60.2 Å². The normalized spacial score (nSPS) is 11.0. The van der Waals surface area contributed by atoms with Crippen LogP contribution in [0.4, 0.5) is 9.52 Å². The monoisotopic (exact) mass is 424 g/mol. The number of hydrogen-bond donors (Lipinski definition) is 0. The molecule has 2 aromatic carbocycles. The van der Waals surface area contributed by atoms with Gasteiger partial charge in [-0.25, -0.2) is 14.4 Å². The first-order chi connectivity index (χ1) is 14.6. The average molecular weight is 425 g/mol. The third-order valence-electron chi connectivity index (χ3n) is 4.58. The van der Waals surface area contributed by atoms with Crippen LogP contribution in [0.2, 0.25) is 0 Å². The molecule has 2 heterocycles. The standard InChI is InChI=1S/C22H21FN4O2S/c1-16-4-2-5-18(12-16)29-14-21(28)27(10-3-9-26-11-8-24-15-26)22-25-19-7-6-17(23)13-20(19)30-22/h2,4-8,11-13,15H,3,9-10,14H2,1H3. The Morgan fingerprint density at radius 2 is 2.17 bits per heavy atom. The highest BCUT2D eigenvalue weighted by atomic mass is 32.1. The van der Waals surface area contributed by atoms with Crippen molar-refractivity contribution < 1.29 is 13.9 Å². The lowest BCUT2D eigenvalue weighted by atomic mass is 10.2. The van der Waals surface area contributed by atoms with E-state index in [0.717, 1.165) is 18.5 Å². The van der Waals surface area contributed by atoms with Crippen LogP contribution in [0.3, 0.4) is 0 Å². The zero-order valence-electron chi connectivity index (χ0n) is 16.5. The molecule has 0 aliphatic rings. The van der Waals surface area contributed by atoms with Crippen molar-refractivity contribution in [1.29, 1.82) is 0 Å². The molecule has 0 aliphatic heterocycles. The number of hydrogen-bond acceptors (Lipinski definition) is 5. The molecule has 0 spiro atoms. The quantitative estimate of drug-likeness (QED) is 0.420. The van der Waals surface area contributed by atoms with Crippen LogP contribution in [0.5, 0.6) is 5.75 Å². The number of benzene rings is 2. The summed E-state index contributed by atoms with van der Waals surface area (Å²) in [7, 11) is 0. The summed E-state index contributed by atoms with van der Waals surface area (Å²) in [6.07, 6.45) is 6.07. The number of halogens is 1. The molecule has 8 heteroatoms. The van der Waals surface area contributed by atoms with Crippen molar-refractivity contribution in [2.75, 3.05) is 18.1 Å². The summed E-state index contributed by atoms with van der Waals surface area (Å²) in [5.74, 6) is 0.133. The van der Waals surface area contributed by atoms with Crippen LogP contribution in [0.25, 0.3) is 10.2 Å². The molecule has 30 heavy (non-hydrogen) atoms. The van der Waals surface area contributed by atoms with Gasteiger partial charge in [0.25, 0.3) is 5.91 Å². The minimum absolute atomic E-state index is 0.0984. The van der Waals surface area contributed by atoms with Gasteiger partial charge in [-0.05, 0) is 49.2 Å². The summed E-state index contributed by atoms with van der Waals surface area (Å²) in [5, 5.41) is 0.541. The van der Waals surface area contributed by atoms with Crippen LogP contribution < -0.4 is 9.64 Å². The van der Waals surface area contributed by atoms with Crippen LogP contribution in [-0.4, -0.2) is 33.6 Å². The molecule has 0 N–H and O–H groups in total. The van der Waals surface area contributed by atoms with Crippen LogP contribution in [0.15, 0.2) is 61.2 Å². The molecular formula is C22H21FN4O2S. The Labute approximate surface area is 177 Å². The second kappa shape index (κ2) is 9.04. The van der Waals surface area contributed by atoms with Gasteiger partial charge in [-0.3, -0.25) is 9.69 Å². The van der Waals surface area contributed by atoms with Crippen molar-refractivity contribution in [2.45, 2.75) is 19.9 Å². The van der Waals surface area contributed by atoms with Crippen LogP contribution in [-0.2, 0) is 11.3 Å². The smallest absolute Gasteiger partial charge is 0.266 e. The van der Waals surface area contributed by atoms with Crippen LogP contribution in [0.1, 0.15) is 12.0 Å². The first kappa shape index (κ1) is 20.0. The van der Waals surface area contributed by atoms with Crippen molar-refractivity contribution in [3.8, 4) is 5.75 Å². The van der Waals surface area contributed by atoms with Crippen LogP contribution >= 0.6 is 11.3 Å². The fourth-order valence-corrected chi connectivity index (χ4v) is 4.12. The number of thiazole rings is 1. The highest BCUT2D eigenvalue weighted by Gasteiger charge is 2.20. The van der Waals surface area contributed by atoms with Crippen molar-refractivity contribution in [3.05, 3.63) is 72.6 Å². The molecule has 4 aromatic rings. The third kappa shape index (κ3) is 4.83. The van der Waals surface area contributed by atoms with Crippen molar-refractivity contribution in [2.24, 2.45) is 0 Å². The van der Waals surface area contributed by atoms with E-state index in [-0.39, 0.29) is 18.3 Å². The third-order valence-corrected chi connectivity index (χ3v) is 5.62. The van der Waals surface area contributed by atoms with E-state index in [1.165, 1.54) is 23.5 Å². The molecule has 2 aromatic heterocycles. The van der Waals surface area contributed by atoms with Crippen molar-refractivity contribution >= 4 is 32.6 Å². The maximum absolute atomic E-state index is 13.6.